The number of nitrogens with zero attached hydrogens (tertiary/aromatic N) is 1. The van der Waals surface area contributed by atoms with Crippen LogP contribution in [0.1, 0.15) is 46.4 Å². The second-order valence-electron chi connectivity index (χ2n) is 7.58. The molecule has 1 aliphatic carbocycles. The van der Waals surface area contributed by atoms with Gasteiger partial charge in [0.15, 0.2) is 0 Å². The molecule has 0 aromatic heterocycles. The van der Waals surface area contributed by atoms with Crippen LogP contribution in [0.5, 0.6) is 11.5 Å². The van der Waals surface area contributed by atoms with Gasteiger partial charge in [0.1, 0.15) is 18.1 Å². The summed E-state index contributed by atoms with van der Waals surface area (Å²) in [6, 6.07) is 14.8. The van der Waals surface area contributed by atoms with E-state index in [4.69, 9.17) is 9.47 Å². The fourth-order valence-corrected chi connectivity index (χ4v) is 3.64. The highest BCUT2D eigenvalue weighted by atomic mass is 16.5. The van der Waals surface area contributed by atoms with Gasteiger partial charge < -0.3 is 19.7 Å². The monoisotopic (exact) mass is 394 g/mol. The van der Waals surface area contributed by atoms with Gasteiger partial charge in [-0.15, -0.1) is 0 Å². The Kier molecular flexibility index (Phi) is 5.69. The molecule has 152 valence electrons. The van der Waals surface area contributed by atoms with Gasteiger partial charge in [-0.1, -0.05) is 12.1 Å². The lowest BCUT2D eigenvalue weighted by atomic mass is 10.1. The largest absolute Gasteiger partial charge is 0.496 e. The molecule has 2 amide bonds. The Hall–Kier alpha value is -3.02. The number of para-hydroxylation sites is 1. The van der Waals surface area contributed by atoms with Crippen LogP contribution >= 0.6 is 0 Å². The quantitative estimate of drug-likeness (QED) is 0.783. The number of carbonyl (C=O) groups is 2. The van der Waals surface area contributed by atoms with Crippen LogP contribution in [-0.4, -0.2) is 49.1 Å². The summed E-state index contributed by atoms with van der Waals surface area (Å²) in [5.74, 6) is 1.22. The van der Waals surface area contributed by atoms with Crippen LogP contribution in [0.3, 0.4) is 0 Å². The maximum absolute atomic E-state index is 13.0. The summed E-state index contributed by atoms with van der Waals surface area (Å²) in [5.41, 5.74) is 1.21. The standard InChI is InChI=1S/C23H26N2O4/c1-28-21-7-3-2-6-20(21)23(27)25-14-4-5-18(25)15-29-19-12-8-16(9-13-19)22(26)24-17-10-11-17/h2-3,6-9,12-13,17-18H,4-5,10-11,14-15H2,1H3,(H,24,26). The number of nitrogens with one attached hydrogen (secondary N) is 1. The summed E-state index contributed by atoms with van der Waals surface area (Å²) in [6.45, 7) is 1.14. The molecule has 1 N–H and O–H groups in total. The number of likely N-dealkylation sites (tertiary alicyclic amines) is 1. The van der Waals surface area contributed by atoms with Crippen LogP contribution in [0.15, 0.2) is 48.5 Å². The van der Waals surface area contributed by atoms with E-state index >= 15 is 0 Å². The van der Waals surface area contributed by atoms with Crippen LogP contribution in [-0.2, 0) is 0 Å². The smallest absolute Gasteiger partial charge is 0.257 e. The van der Waals surface area contributed by atoms with Crippen molar-refractivity contribution in [2.75, 3.05) is 20.3 Å². The number of benzene rings is 2. The highest BCUT2D eigenvalue weighted by Gasteiger charge is 2.31. The molecule has 1 unspecified atom stereocenters. The second kappa shape index (κ2) is 8.55. The summed E-state index contributed by atoms with van der Waals surface area (Å²) >= 11 is 0. The van der Waals surface area contributed by atoms with Gasteiger partial charge in [-0.2, -0.15) is 0 Å². The molecule has 0 radical (unpaired) electrons. The molecule has 2 fully saturated rings. The fourth-order valence-electron chi connectivity index (χ4n) is 3.64. The first kappa shape index (κ1) is 19.3. The van der Waals surface area contributed by atoms with Crippen LogP contribution < -0.4 is 14.8 Å². The maximum Gasteiger partial charge on any atom is 0.257 e. The molecule has 0 spiro atoms. The first-order valence-electron chi connectivity index (χ1n) is 10.1. The van der Waals surface area contributed by atoms with E-state index in [9.17, 15) is 9.59 Å². The van der Waals surface area contributed by atoms with E-state index in [-0.39, 0.29) is 17.9 Å². The molecule has 1 atom stereocenters. The Morgan fingerprint density at radius 1 is 1.07 bits per heavy atom. The molecule has 1 saturated heterocycles. The maximum atomic E-state index is 13.0. The van der Waals surface area contributed by atoms with E-state index < -0.39 is 0 Å². The van der Waals surface area contributed by atoms with Crippen molar-refractivity contribution in [2.24, 2.45) is 0 Å². The van der Waals surface area contributed by atoms with Crippen LogP contribution in [0.2, 0.25) is 0 Å². The third-order valence-electron chi connectivity index (χ3n) is 5.45. The predicted octanol–water partition coefficient (Wildman–Crippen LogP) is 3.27. The molecule has 2 aromatic rings. The van der Waals surface area contributed by atoms with Crippen LogP contribution in [0, 0.1) is 0 Å². The Labute approximate surface area is 170 Å². The molecule has 1 saturated carbocycles. The first-order valence-corrected chi connectivity index (χ1v) is 10.1. The van der Waals surface area contributed by atoms with Crippen molar-refractivity contribution in [2.45, 2.75) is 37.8 Å². The van der Waals surface area contributed by atoms with Crippen molar-refractivity contribution in [3.8, 4) is 11.5 Å². The van der Waals surface area contributed by atoms with Gasteiger partial charge in [0, 0.05) is 18.2 Å². The van der Waals surface area contributed by atoms with Gasteiger partial charge >= 0.3 is 0 Å². The summed E-state index contributed by atoms with van der Waals surface area (Å²) in [4.78, 5) is 26.9. The van der Waals surface area contributed by atoms with E-state index in [1.54, 1.807) is 31.4 Å². The lowest BCUT2D eigenvalue weighted by molar-refractivity contribution is 0.0688. The molecule has 4 rings (SSSR count). The second-order valence-corrected chi connectivity index (χ2v) is 7.58. The van der Waals surface area contributed by atoms with Gasteiger partial charge in [-0.25, -0.2) is 0 Å². The minimum atomic E-state index is -0.0385. The lowest BCUT2D eigenvalue weighted by Gasteiger charge is -2.25. The van der Waals surface area contributed by atoms with E-state index in [0.29, 0.717) is 41.8 Å². The highest BCUT2D eigenvalue weighted by Crippen LogP contribution is 2.26. The van der Waals surface area contributed by atoms with E-state index in [0.717, 1.165) is 25.7 Å². The average Bonchev–Trinajstić information content (AvgIpc) is 3.45. The predicted molar refractivity (Wildman–Crippen MR) is 109 cm³/mol. The molecule has 29 heavy (non-hydrogen) atoms. The third-order valence-corrected chi connectivity index (χ3v) is 5.45. The SMILES string of the molecule is COc1ccccc1C(=O)N1CCCC1COc1ccc(C(=O)NC2CC2)cc1. The van der Waals surface area contributed by atoms with E-state index in [2.05, 4.69) is 5.32 Å². The van der Waals surface area contributed by atoms with Crippen molar-refractivity contribution < 1.29 is 19.1 Å². The number of hydrogen-bond donors (Lipinski definition) is 1. The molecule has 1 heterocycles. The van der Waals surface area contributed by atoms with Crippen molar-refractivity contribution in [1.82, 2.24) is 10.2 Å². The molecule has 0 bridgehead atoms. The average molecular weight is 394 g/mol. The van der Waals surface area contributed by atoms with Gasteiger partial charge in [0.05, 0.1) is 18.7 Å². The highest BCUT2D eigenvalue weighted by molar-refractivity contribution is 5.97. The minimum Gasteiger partial charge on any atom is -0.496 e. The zero-order chi connectivity index (χ0) is 20.2. The first-order chi connectivity index (χ1) is 14.2. The zero-order valence-corrected chi connectivity index (χ0v) is 16.6. The van der Waals surface area contributed by atoms with Gasteiger partial charge in [0.25, 0.3) is 11.8 Å². The summed E-state index contributed by atoms with van der Waals surface area (Å²) < 4.78 is 11.3. The number of carbonyl (C=O) groups excluding carboxylic acids is 2. The van der Waals surface area contributed by atoms with Crippen molar-refractivity contribution in [1.29, 1.82) is 0 Å². The van der Waals surface area contributed by atoms with Gasteiger partial charge in [0.2, 0.25) is 0 Å². The summed E-state index contributed by atoms with van der Waals surface area (Å²) in [7, 11) is 1.57. The number of amides is 2. The van der Waals surface area contributed by atoms with Crippen LogP contribution in [0.4, 0.5) is 0 Å². The molecule has 2 aliphatic rings. The fraction of sp³-hybridized carbons (Fsp3) is 0.391. The summed E-state index contributed by atoms with van der Waals surface area (Å²) in [6.07, 6.45) is 3.99. The topological polar surface area (TPSA) is 67.9 Å². The molecule has 1 aliphatic heterocycles. The minimum absolute atomic E-state index is 0.0188. The molecule has 6 heteroatoms. The molecule has 6 nitrogen and oxygen atoms in total. The molecular formula is C23H26N2O4. The number of ether oxygens (including phenoxy) is 2. The van der Waals surface area contributed by atoms with Gasteiger partial charge in [-0.05, 0) is 62.1 Å². The van der Waals surface area contributed by atoms with Crippen molar-refractivity contribution >= 4 is 11.8 Å². The normalized spacial score (nSPS) is 18.4. The molecular weight excluding hydrogens is 368 g/mol. The van der Waals surface area contributed by atoms with Crippen LogP contribution in [0.25, 0.3) is 0 Å². The van der Waals surface area contributed by atoms with Crippen molar-refractivity contribution in [3.63, 3.8) is 0 Å². The Bertz CT molecular complexity index is 877. The molecule has 2 aromatic carbocycles. The number of methoxy groups -OCH3 is 1. The van der Waals surface area contributed by atoms with E-state index in [1.807, 2.05) is 29.2 Å². The van der Waals surface area contributed by atoms with E-state index in [1.165, 1.54) is 0 Å². The van der Waals surface area contributed by atoms with Gasteiger partial charge in [-0.3, -0.25) is 9.59 Å². The summed E-state index contributed by atoms with van der Waals surface area (Å²) in [5, 5.41) is 2.98. The number of hydrogen-bond acceptors (Lipinski definition) is 4. The lowest BCUT2D eigenvalue weighted by Crippen LogP contribution is -2.39. The van der Waals surface area contributed by atoms with Crippen molar-refractivity contribution in [3.05, 3.63) is 59.7 Å². The Morgan fingerprint density at radius 2 is 1.83 bits per heavy atom. The zero-order valence-electron chi connectivity index (χ0n) is 16.6. The Balaban J connectivity index is 1.36. The third kappa shape index (κ3) is 4.53. The number of rotatable bonds is 7. The Morgan fingerprint density at radius 3 is 2.55 bits per heavy atom.